The van der Waals surface area contributed by atoms with Gasteiger partial charge in [-0.15, -0.1) is 0 Å². The summed E-state index contributed by atoms with van der Waals surface area (Å²) in [6.07, 6.45) is 1.57. The molecule has 0 spiro atoms. The molecule has 2 amide bonds. The minimum absolute atomic E-state index is 0.0413. The molecule has 0 radical (unpaired) electrons. The van der Waals surface area contributed by atoms with Crippen LogP contribution in [0.1, 0.15) is 35.8 Å². The molecule has 3 rings (SSSR count). The maximum Gasteiger partial charge on any atom is 0.259 e. The Bertz CT molecular complexity index is 1060. The number of halogens is 1. The van der Waals surface area contributed by atoms with E-state index in [1.165, 1.54) is 4.90 Å². The van der Waals surface area contributed by atoms with E-state index in [-0.39, 0.29) is 24.3 Å². The number of carbonyl (C=O) groups excluding carboxylic acids is 2. The van der Waals surface area contributed by atoms with E-state index < -0.39 is 0 Å². The summed E-state index contributed by atoms with van der Waals surface area (Å²) < 4.78 is 7.22. The van der Waals surface area contributed by atoms with Crippen molar-refractivity contribution >= 4 is 29.1 Å². The first-order chi connectivity index (χ1) is 14.8. The maximum atomic E-state index is 12.9. The van der Waals surface area contributed by atoms with Gasteiger partial charge in [0.15, 0.2) is 6.61 Å². The van der Waals surface area contributed by atoms with Gasteiger partial charge in [0.25, 0.3) is 11.8 Å². The van der Waals surface area contributed by atoms with Gasteiger partial charge in [0.1, 0.15) is 5.75 Å². The number of ether oxygens (including phenoxy) is 1. The van der Waals surface area contributed by atoms with Gasteiger partial charge in [-0.1, -0.05) is 25.4 Å². The minimum atomic E-state index is -0.250. The Labute approximate surface area is 186 Å². The zero-order valence-corrected chi connectivity index (χ0v) is 18.7. The summed E-state index contributed by atoms with van der Waals surface area (Å²) in [6.45, 7) is 3.99. The average molecular weight is 441 g/mol. The first kappa shape index (κ1) is 22.4. The molecular weight excluding hydrogens is 416 g/mol. The van der Waals surface area contributed by atoms with Crippen LogP contribution in [0.15, 0.2) is 54.7 Å². The van der Waals surface area contributed by atoms with Crippen molar-refractivity contribution in [2.24, 2.45) is 0 Å². The fourth-order valence-electron chi connectivity index (χ4n) is 2.98. The van der Waals surface area contributed by atoms with Crippen LogP contribution < -0.4 is 10.1 Å². The third kappa shape index (κ3) is 5.44. The fraction of sp³-hybridized carbons (Fsp3) is 0.261. The largest absolute Gasteiger partial charge is 0.484 e. The fourth-order valence-corrected chi connectivity index (χ4v) is 3.11. The molecule has 0 saturated carbocycles. The number of nitrogens with one attached hydrogen (secondary N) is 1. The number of nitrogens with zero attached hydrogens (tertiary/aromatic N) is 3. The van der Waals surface area contributed by atoms with Gasteiger partial charge in [0, 0.05) is 24.8 Å². The number of hydrogen-bond donors (Lipinski definition) is 1. The molecule has 0 unspecified atom stereocenters. The number of aromatic nitrogens is 2. The summed E-state index contributed by atoms with van der Waals surface area (Å²) in [7, 11) is 3.34. The van der Waals surface area contributed by atoms with Gasteiger partial charge in [-0.05, 0) is 54.4 Å². The minimum Gasteiger partial charge on any atom is -0.484 e. The Morgan fingerprint density at radius 2 is 1.74 bits per heavy atom. The lowest BCUT2D eigenvalue weighted by molar-refractivity contribution is -0.130. The van der Waals surface area contributed by atoms with Crippen molar-refractivity contribution in [3.63, 3.8) is 0 Å². The predicted octanol–water partition coefficient (Wildman–Crippen LogP) is 4.37. The monoisotopic (exact) mass is 440 g/mol. The van der Waals surface area contributed by atoms with Gasteiger partial charge < -0.3 is 15.0 Å². The van der Waals surface area contributed by atoms with E-state index in [0.717, 1.165) is 11.4 Å². The van der Waals surface area contributed by atoms with Crippen molar-refractivity contribution < 1.29 is 14.3 Å². The van der Waals surface area contributed by atoms with Crippen LogP contribution in [0.2, 0.25) is 5.02 Å². The molecule has 1 heterocycles. The van der Waals surface area contributed by atoms with Gasteiger partial charge in [-0.25, -0.2) is 4.68 Å². The van der Waals surface area contributed by atoms with Gasteiger partial charge in [0.2, 0.25) is 0 Å². The molecule has 1 aromatic heterocycles. The summed E-state index contributed by atoms with van der Waals surface area (Å²) in [5.74, 6) is 0.243. The molecule has 162 valence electrons. The molecule has 8 heteroatoms. The average Bonchev–Trinajstić information content (AvgIpc) is 3.19. The quantitative estimate of drug-likeness (QED) is 0.592. The van der Waals surface area contributed by atoms with Crippen molar-refractivity contribution in [2.75, 3.05) is 26.0 Å². The highest BCUT2D eigenvalue weighted by atomic mass is 35.5. The van der Waals surface area contributed by atoms with Crippen LogP contribution in [-0.4, -0.2) is 47.2 Å². The van der Waals surface area contributed by atoms with E-state index >= 15 is 0 Å². The lowest BCUT2D eigenvalue weighted by Gasteiger charge is -2.13. The van der Waals surface area contributed by atoms with Crippen LogP contribution >= 0.6 is 11.6 Å². The highest BCUT2D eigenvalue weighted by Gasteiger charge is 2.21. The molecule has 0 aliphatic heterocycles. The van der Waals surface area contributed by atoms with Crippen LogP contribution in [0.5, 0.6) is 5.75 Å². The highest BCUT2D eigenvalue weighted by Crippen LogP contribution is 2.25. The molecular formula is C23H25ClN4O3. The summed E-state index contributed by atoms with van der Waals surface area (Å²) in [4.78, 5) is 26.0. The molecule has 0 atom stereocenters. The number of amides is 2. The van der Waals surface area contributed by atoms with Gasteiger partial charge >= 0.3 is 0 Å². The zero-order chi connectivity index (χ0) is 22.5. The standard InChI is InChI=1S/C23H25ClN4O3/c1-15(2)22-20(13-25-28(22)18-9-5-16(24)6-10-18)23(30)26-17-7-11-19(12-8-17)31-14-21(29)27(3)4/h5-13,15H,14H2,1-4H3,(H,26,30). The second kappa shape index (κ2) is 9.66. The van der Waals surface area contributed by atoms with Crippen molar-refractivity contribution in [1.82, 2.24) is 14.7 Å². The second-order valence-electron chi connectivity index (χ2n) is 7.54. The van der Waals surface area contributed by atoms with E-state index in [9.17, 15) is 9.59 Å². The summed E-state index contributed by atoms with van der Waals surface area (Å²) in [5.41, 5.74) is 2.76. The molecule has 0 aliphatic carbocycles. The molecule has 0 bridgehead atoms. The van der Waals surface area contributed by atoms with Crippen LogP contribution in [0.4, 0.5) is 5.69 Å². The van der Waals surface area contributed by atoms with E-state index in [0.29, 0.717) is 22.0 Å². The Morgan fingerprint density at radius 3 is 2.32 bits per heavy atom. The first-order valence-electron chi connectivity index (χ1n) is 9.84. The second-order valence-corrected chi connectivity index (χ2v) is 7.98. The number of anilines is 1. The number of hydrogen-bond acceptors (Lipinski definition) is 4. The normalized spacial score (nSPS) is 10.8. The summed E-state index contributed by atoms with van der Waals surface area (Å²) in [5, 5.41) is 7.96. The van der Waals surface area contributed by atoms with Gasteiger partial charge in [-0.3, -0.25) is 9.59 Å². The SMILES string of the molecule is CC(C)c1c(C(=O)Nc2ccc(OCC(=O)N(C)C)cc2)cnn1-c1ccc(Cl)cc1. The van der Waals surface area contributed by atoms with Crippen LogP contribution in [-0.2, 0) is 4.79 Å². The van der Waals surface area contributed by atoms with E-state index in [2.05, 4.69) is 10.4 Å². The Morgan fingerprint density at radius 1 is 1.10 bits per heavy atom. The van der Waals surface area contributed by atoms with E-state index in [4.69, 9.17) is 16.3 Å². The predicted molar refractivity (Wildman–Crippen MR) is 121 cm³/mol. The number of benzene rings is 2. The number of rotatable bonds is 7. The Hall–Kier alpha value is -3.32. The molecule has 3 aromatic rings. The van der Waals surface area contributed by atoms with Crippen LogP contribution in [0, 0.1) is 0 Å². The van der Waals surface area contributed by atoms with E-state index in [1.807, 2.05) is 26.0 Å². The van der Waals surface area contributed by atoms with Gasteiger partial charge in [0.05, 0.1) is 23.1 Å². The molecule has 31 heavy (non-hydrogen) atoms. The number of likely N-dealkylation sites (N-methyl/N-ethyl adjacent to an activating group) is 1. The van der Waals surface area contributed by atoms with Crippen molar-refractivity contribution in [3.05, 3.63) is 71.0 Å². The Kier molecular flexibility index (Phi) is 6.97. The Balaban J connectivity index is 1.74. The van der Waals surface area contributed by atoms with Crippen molar-refractivity contribution in [2.45, 2.75) is 19.8 Å². The molecule has 0 aliphatic rings. The molecule has 2 aromatic carbocycles. The highest BCUT2D eigenvalue weighted by molar-refractivity contribution is 6.30. The number of carbonyl (C=O) groups is 2. The van der Waals surface area contributed by atoms with Crippen LogP contribution in [0.3, 0.4) is 0 Å². The zero-order valence-electron chi connectivity index (χ0n) is 17.9. The van der Waals surface area contributed by atoms with E-state index in [1.54, 1.807) is 61.4 Å². The van der Waals surface area contributed by atoms with Gasteiger partial charge in [-0.2, -0.15) is 5.10 Å². The third-order valence-electron chi connectivity index (χ3n) is 4.64. The van der Waals surface area contributed by atoms with Crippen LogP contribution in [0.25, 0.3) is 5.69 Å². The topological polar surface area (TPSA) is 76.5 Å². The first-order valence-corrected chi connectivity index (χ1v) is 10.2. The maximum absolute atomic E-state index is 12.9. The molecule has 0 saturated heterocycles. The molecule has 1 N–H and O–H groups in total. The smallest absolute Gasteiger partial charge is 0.259 e. The van der Waals surface area contributed by atoms with Crippen molar-refractivity contribution in [3.8, 4) is 11.4 Å². The summed E-state index contributed by atoms with van der Waals surface area (Å²) in [6, 6.07) is 14.2. The third-order valence-corrected chi connectivity index (χ3v) is 4.89. The molecule has 0 fully saturated rings. The summed E-state index contributed by atoms with van der Waals surface area (Å²) >= 11 is 5.99. The lowest BCUT2D eigenvalue weighted by atomic mass is 10.0. The van der Waals surface area contributed by atoms with Crippen molar-refractivity contribution in [1.29, 1.82) is 0 Å². The lowest BCUT2D eigenvalue weighted by Crippen LogP contribution is -2.27. The molecule has 7 nitrogen and oxygen atoms in total.